The van der Waals surface area contributed by atoms with Crippen LogP contribution in [0.2, 0.25) is 0 Å². The molecule has 3 aromatic rings. The first kappa shape index (κ1) is 18.7. The zero-order valence-corrected chi connectivity index (χ0v) is 15.5. The first-order valence-electron chi connectivity index (χ1n) is 7.82. The molecule has 0 saturated carbocycles. The van der Waals surface area contributed by atoms with Crippen molar-refractivity contribution in [3.05, 3.63) is 64.8 Å². The number of rotatable bonds is 3. The van der Waals surface area contributed by atoms with Gasteiger partial charge >= 0.3 is 5.97 Å². The first-order valence-corrected chi connectivity index (χ1v) is 7.82. The first-order chi connectivity index (χ1) is 11.5. The number of nitrogens with zero attached hydrogens (tertiary/aromatic N) is 1. The molecular weight excluding hydrogens is 336 g/mol. The Labute approximate surface area is 153 Å². The van der Waals surface area contributed by atoms with Crippen molar-refractivity contribution in [2.24, 2.45) is 0 Å². The summed E-state index contributed by atoms with van der Waals surface area (Å²) in [4.78, 5) is 16.4. The lowest BCUT2D eigenvalue weighted by Gasteiger charge is -2.14. The standard InChI is InChI=1S/C20H20N2O2.ClH/c1-12-5-7-17(13(2)9-12)22-19-10-14(3)21-18-8-6-15(11-16(18)19)20(23)24-4;/h5-11H,1-4H3,(H,21,22);1H. The van der Waals surface area contributed by atoms with Gasteiger partial charge in [0.15, 0.2) is 0 Å². The minimum absolute atomic E-state index is 0. The zero-order valence-electron chi connectivity index (χ0n) is 14.7. The third-order valence-corrected chi connectivity index (χ3v) is 4.01. The van der Waals surface area contributed by atoms with Gasteiger partial charge in [0, 0.05) is 22.5 Å². The molecule has 2 aromatic carbocycles. The number of nitrogens with one attached hydrogen (secondary N) is 1. The van der Waals surface area contributed by atoms with E-state index in [4.69, 9.17) is 4.74 Å². The van der Waals surface area contributed by atoms with Gasteiger partial charge in [0.2, 0.25) is 0 Å². The molecule has 0 bridgehead atoms. The lowest BCUT2D eigenvalue weighted by molar-refractivity contribution is 0.0601. The van der Waals surface area contributed by atoms with Gasteiger partial charge in [-0.25, -0.2) is 4.79 Å². The molecule has 1 N–H and O–H groups in total. The molecular formula is C20H21ClN2O2. The largest absolute Gasteiger partial charge is 0.465 e. The normalized spacial score (nSPS) is 10.2. The highest BCUT2D eigenvalue weighted by molar-refractivity contribution is 5.99. The minimum atomic E-state index is -0.352. The van der Waals surface area contributed by atoms with Gasteiger partial charge in [0.1, 0.15) is 0 Å². The molecule has 1 heterocycles. The summed E-state index contributed by atoms with van der Waals surface area (Å²) in [5.74, 6) is -0.352. The predicted molar refractivity (Wildman–Crippen MR) is 104 cm³/mol. The number of methoxy groups -OCH3 is 1. The van der Waals surface area contributed by atoms with E-state index in [0.29, 0.717) is 5.56 Å². The number of hydrogen-bond acceptors (Lipinski definition) is 4. The summed E-state index contributed by atoms with van der Waals surface area (Å²) in [5, 5.41) is 4.37. The summed E-state index contributed by atoms with van der Waals surface area (Å²) < 4.78 is 4.82. The van der Waals surface area contributed by atoms with Crippen molar-refractivity contribution in [3.8, 4) is 0 Å². The fourth-order valence-electron chi connectivity index (χ4n) is 2.81. The Hall–Kier alpha value is -2.59. The molecule has 0 radical (unpaired) electrons. The van der Waals surface area contributed by atoms with Crippen LogP contribution in [0.1, 0.15) is 27.2 Å². The van der Waals surface area contributed by atoms with Crippen LogP contribution in [0.15, 0.2) is 42.5 Å². The SMILES string of the molecule is COC(=O)c1ccc2nc(C)cc(Nc3ccc(C)cc3C)c2c1.Cl. The maximum absolute atomic E-state index is 11.8. The number of hydrogen-bond donors (Lipinski definition) is 1. The molecule has 0 aliphatic carbocycles. The number of anilines is 2. The van der Waals surface area contributed by atoms with E-state index >= 15 is 0 Å². The van der Waals surface area contributed by atoms with E-state index < -0.39 is 0 Å². The van der Waals surface area contributed by atoms with Crippen molar-refractivity contribution in [2.75, 3.05) is 12.4 Å². The van der Waals surface area contributed by atoms with Crippen LogP contribution in [-0.4, -0.2) is 18.1 Å². The molecule has 0 saturated heterocycles. The highest BCUT2D eigenvalue weighted by Crippen LogP contribution is 2.29. The summed E-state index contributed by atoms with van der Waals surface area (Å²) in [6, 6.07) is 13.7. The fraction of sp³-hybridized carbons (Fsp3) is 0.200. The molecule has 0 spiro atoms. The molecule has 25 heavy (non-hydrogen) atoms. The molecule has 0 unspecified atom stereocenters. The molecule has 0 fully saturated rings. The summed E-state index contributed by atoms with van der Waals surface area (Å²) >= 11 is 0. The smallest absolute Gasteiger partial charge is 0.337 e. The van der Waals surface area contributed by atoms with Gasteiger partial charge in [-0.1, -0.05) is 17.7 Å². The lowest BCUT2D eigenvalue weighted by atomic mass is 10.1. The van der Waals surface area contributed by atoms with Crippen molar-refractivity contribution in [1.29, 1.82) is 0 Å². The van der Waals surface area contributed by atoms with Gasteiger partial charge in [-0.2, -0.15) is 0 Å². The lowest BCUT2D eigenvalue weighted by Crippen LogP contribution is -2.02. The average molecular weight is 357 g/mol. The Balaban J connectivity index is 0.00000225. The second-order valence-corrected chi connectivity index (χ2v) is 5.98. The number of pyridine rings is 1. The predicted octanol–water partition coefficient (Wildman–Crippen LogP) is 5.11. The van der Waals surface area contributed by atoms with Crippen molar-refractivity contribution in [3.63, 3.8) is 0 Å². The summed E-state index contributed by atoms with van der Waals surface area (Å²) in [6.45, 7) is 6.11. The van der Waals surface area contributed by atoms with Gasteiger partial charge < -0.3 is 10.1 Å². The van der Waals surface area contributed by atoms with Gasteiger partial charge in [-0.15, -0.1) is 12.4 Å². The van der Waals surface area contributed by atoms with Crippen LogP contribution in [-0.2, 0) is 4.74 Å². The van der Waals surface area contributed by atoms with E-state index in [-0.39, 0.29) is 18.4 Å². The molecule has 1 aromatic heterocycles. The van der Waals surface area contributed by atoms with E-state index in [1.165, 1.54) is 18.2 Å². The molecule has 0 amide bonds. The van der Waals surface area contributed by atoms with Crippen LogP contribution in [0.25, 0.3) is 10.9 Å². The van der Waals surface area contributed by atoms with Crippen molar-refractivity contribution in [2.45, 2.75) is 20.8 Å². The molecule has 0 atom stereocenters. The minimum Gasteiger partial charge on any atom is -0.465 e. The van der Waals surface area contributed by atoms with Crippen LogP contribution < -0.4 is 5.32 Å². The van der Waals surface area contributed by atoms with E-state index in [2.05, 4.69) is 42.3 Å². The van der Waals surface area contributed by atoms with Gasteiger partial charge in [-0.05, 0) is 56.7 Å². The van der Waals surface area contributed by atoms with E-state index in [1.807, 2.05) is 25.1 Å². The molecule has 5 heteroatoms. The van der Waals surface area contributed by atoms with Gasteiger partial charge in [0.25, 0.3) is 0 Å². The molecule has 3 rings (SSSR count). The summed E-state index contributed by atoms with van der Waals surface area (Å²) in [5.41, 5.74) is 6.63. The van der Waals surface area contributed by atoms with Crippen molar-refractivity contribution in [1.82, 2.24) is 4.98 Å². The summed E-state index contributed by atoms with van der Waals surface area (Å²) in [6.07, 6.45) is 0. The van der Waals surface area contributed by atoms with E-state index in [0.717, 1.165) is 28.0 Å². The number of benzene rings is 2. The monoisotopic (exact) mass is 356 g/mol. The third-order valence-electron chi connectivity index (χ3n) is 4.01. The quantitative estimate of drug-likeness (QED) is 0.662. The Kier molecular flexibility index (Phi) is 5.65. The molecule has 130 valence electrons. The highest BCUT2D eigenvalue weighted by atomic mass is 35.5. The number of aromatic nitrogens is 1. The van der Waals surface area contributed by atoms with Crippen LogP contribution in [0.5, 0.6) is 0 Å². The zero-order chi connectivity index (χ0) is 17.3. The van der Waals surface area contributed by atoms with Crippen molar-refractivity contribution >= 4 is 40.7 Å². The topological polar surface area (TPSA) is 51.2 Å². The number of carbonyl (C=O) groups excluding carboxylic acids is 1. The molecule has 0 aliphatic heterocycles. The number of aryl methyl sites for hydroxylation is 3. The Morgan fingerprint density at radius 2 is 1.76 bits per heavy atom. The number of fused-ring (bicyclic) bond motifs is 1. The van der Waals surface area contributed by atoms with Crippen molar-refractivity contribution < 1.29 is 9.53 Å². The third kappa shape index (κ3) is 3.91. The maximum atomic E-state index is 11.8. The Bertz CT molecular complexity index is 938. The van der Waals surface area contributed by atoms with E-state index in [1.54, 1.807) is 6.07 Å². The van der Waals surface area contributed by atoms with Crippen LogP contribution in [0, 0.1) is 20.8 Å². The number of esters is 1. The fourth-order valence-corrected chi connectivity index (χ4v) is 2.81. The Morgan fingerprint density at radius 1 is 1.00 bits per heavy atom. The average Bonchev–Trinajstić information content (AvgIpc) is 2.56. The number of halogens is 1. The van der Waals surface area contributed by atoms with Gasteiger partial charge in [0.05, 0.1) is 18.2 Å². The van der Waals surface area contributed by atoms with E-state index in [9.17, 15) is 4.79 Å². The molecule has 0 aliphatic rings. The maximum Gasteiger partial charge on any atom is 0.337 e. The highest BCUT2D eigenvalue weighted by Gasteiger charge is 2.11. The van der Waals surface area contributed by atoms with Crippen LogP contribution in [0.4, 0.5) is 11.4 Å². The van der Waals surface area contributed by atoms with Crippen LogP contribution >= 0.6 is 12.4 Å². The van der Waals surface area contributed by atoms with Crippen LogP contribution in [0.3, 0.4) is 0 Å². The molecule has 4 nitrogen and oxygen atoms in total. The second kappa shape index (κ2) is 7.53. The summed E-state index contributed by atoms with van der Waals surface area (Å²) in [7, 11) is 1.38. The van der Waals surface area contributed by atoms with Gasteiger partial charge in [-0.3, -0.25) is 4.98 Å². The number of carbonyl (C=O) groups is 1. The Morgan fingerprint density at radius 3 is 2.44 bits per heavy atom. The number of ether oxygens (including phenoxy) is 1. The second-order valence-electron chi connectivity index (χ2n) is 5.98.